The van der Waals surface area contributed by atoms with Crippen LogP contribution in [0, 0.1) is 20.8 Å². The number of esters is 1. The molecule has 0 aliphatic heterocycles. The number of ether oxygens (including phenoxy) is 1. The number of aryl methyl sites for hydroxylation is 3. The van der Waals surface area contributed by atoms with Gasteiger partial charge in [0.1, 0.15) is 4.83 Å². The Hall–Kier alpha value is -3.53. The lowest BCUT2D eigenvalue weighted by Gasteiger charge is -2.08. The number of methoxy groups -OCH3 is 1. The zero-order valence-corrected chi connectivity index (χ0v) is 18.0. The molecule has 0 atom stereocenters. The van der Waals surface area contributed by atoms with Gasteiger partial charge in [-0.3, -0.25) is 14.5 Å². The molecule has 4 heterocycles. The van der Waals surface area contributed by atoms with E-state index in [2.05, 4.69) is 20.5 Å². The molecule has 1 N–H and O–H groups in total. The van der Waals surface area contributed by atoms with Crippen LogP contribution in [-0.2, 0) is 11.8 Å². The van der Waals surface area contributed by atoms with Crippen LogP contribution in [-0.4, -0.2) is 43.4 Å². The number of hydrogen-bond donors (Lipinski definition) is 1. The summed E-state index contributed by atoms with van der Waals surface area (Å²) in [5, 5.41) is 11.6. The lowest BCUT2D eigenvalue weighted by Crippen LogP contribution is -2.14. The van der Waals surface area contributed by atoms with Gasteiger partial charge >= 0.3 is 5.97 Å². The Labute approximate surface area is 176 Å². The number of amides is 1. The van der Waals surface area contributed by atoms with Crippen molar-refractivity contribution in [3.05, 3.63) is 52.9 Å². The molecule has 0 aliphatic carbocycles. The van der Waals surface area contributed by atoms with Gasteiger partial charge in [0, 0.05) is 30.7 Å². The minimum atomic E-state index is -0.518. The van der Waals surface area contributed by atoms with Crippen LogP contribution in [0.5, 0.6) is 0 Å². The Morgan fingerprint density at radius 1 is 1.17 bits per heavy atom. The zero-order valence-electron chi connectivity index (χ0n) is 17.2. The van der Waals surface area contributed by atoms with Gasteiger partial charge in [0.05, 0.1) is 46.4 Å². The van der Waals surface area contributed by atoms with Crippen molar-refractivity contribution in [3.8, 4) is 10.4 Å². The van der Waals surface area contributed by atoms with E-state index in [0.29, 0.717) is 16.9 Å². The van der Waals surface area contributed by atoms with Crippen molar-refractivity contribution in [3.63, 3.8) is 0 Å². The summed E-state index contributed by atoms with van der Waals surface area (Å²) in [5.41, 5.74) is 4.75. The molecular weight excluding hydrogens is 404 g/mol. The first-order chi connectivity index (χ1) is 14.3. The fourth-order valence-corrected chi connectivity index (χ4v) is 4.47. The van der Waals surface area contributed by atoms with Crippen molar-refractivity contribution in [1.29, 1.82) is 0 Å². The Kier molecular flexibility index (Phi) is 4.86. The second-order valence-electron chi connectivity index (χ2n) is 6.88. The minimum Gasteiger partial charge on any atom is -0.465 e. The number of nitrogens with zero attached hydrogens (tertiary/aromatic N) is 5. The van der Waals surface area contributed by atoms with E-state index in [-0.39, 0.29) is 11.5 Å². The van der Waals surface area contributed by atoms with Crippen LogP contribution in [0.25, 0.3) is 15.3 Å². The van der Waals surface area contributed by atoms with Gasteiger partial charge in [0.25, 0.3) is 5.91 Å². The molecule has 0 fully saturated rings. The molecule has 4 rings (SSSR count). The number of pyridine rings is 1. The Bertz CT molecular complexity index is 1300. The summed E-state index contributed by atoms with van der Waals surface area (Å²) in [6.07, 6.45) is 4.85. The fourth-order valence-electron chi connectivity index (χ4n) is 3.27. The number of carbonyl (C=O) groups is 2. The largest absolute Gasteiger partial charge is 0.465 e. The summed E-state index contributed by atoms with van der Waals surface area (Å²) in [6.45, 7) is 5.72. The highest BCUT2D eigenvalue weighted by molar-refractivity contribution is 7.21. The van der Waals surface area contributed by atoms with Crippen molar-refractivity contribution >= 4 is 33.7 Å². The van der Waals surface area contributed by atoms with Crippen molar-refractivity contribution < 1.29 is 14.3 Å². The predicted octanol–water partition coefficient (Wildman–Crippen LogP) is 3.16. The average molecular weight is 424 g/mol. The first-order valence-electron chi connectivity index (χ1n) is 9.14. The summed E-state index contributed by atoms with van der Waals surface area (Å²) < 4.78 is 8.25. The third kappa shape index (κ3) is 3.24. The Morgan fingerprint density at radius 3 is 2.60 bits per heavy atom. The van der Waals surface area contributed by atoms with Crippen LogP contribution in [0.1, 0.15) is 37.8 Å². The smallest absolute Gasteiger partial charge is 0.339 e. The van der Waals surface area contributed by atoms with E-state index in [4.69, 9.17) is 4.74 Å². The van der Waals surface area contributed by atoms with E-state index < -0.39 is 5.97 Å². The number of thiazole rings is 1. The quantitative estimate of drug-likeness (QED) is 0.505. The SMILES string of the molecule is COC(=O)c1cnc(C)c(NC(=O)c2cnn3cc(-c4c(C)nn(C)c4C)sc23)c1. The van der Waals surface area contributed by atoms with Gasteiger partial charge in [-0.25, -0.2) is 9.31 Å². The highest BCUT2D eigenvalue weighted by Crippen LogP contribution is 2.34. The number of fused-ring (bicyclic) bond motifs is 1. The minimum absolute atomic E-state index is 0.263. The van der Waals surface area contributed by atoms with Crippen molar-refractivity contribution in [1.82, 2.24) is 24.4 Å². The lowest BCUT2D eigenvalue weighted by molar-refractivity contribution is 0.0600. The van der Waals surface area contributed by atoms with Gasteiger partial charge in [0.2, 0.25) is 0 Å². The van der Waals surface area contributed by atoms with E-state index in [1.165, 1.54) is 30.8 Å². The molecule has 0 unspecified atom stereocenters. The monoisotopic (exact) mass is 424 g/mol. The Balaban J connectivity index is 1.68. The Morgan fingerprint density at radius 2 is 1.93 bits per heavy atom. The van der Waals surface area contributed by atoms with E-state index in [0.717, 1.165) is 26.7 Å². The maximum Gasteiger partial charge on any atom is 0.339 e. The molecule has 154 valence electrons. The maximum absolute atomic E-state index is 13.0. The van der Waals surface area contributed by atoms with Crippen LogP contribution < -0.4 is 5.32 Å². The fraction of sp³-hybridized carbons (Fsp3) is 0.250. The van der Waals surface area contributed by atoms with Gasteiger partial charge in [-0.2, -0.15) is 10.2 Å². The van der Waals surface area contributed by atoms with Gasteiger partial charge < -0.3 is 10.1 Å². The molecular formula is C20H20N6O3S. The molecule has 9 nitrogen and oxygen atoms in total. The molecule has 1 amide bonds. The molecule has 0 aliphatic rings. The van der Waals surface area contributed by atoms with Gasteiger partial charge in [-0.15, -0.1) is 11.3 Å². The van der Waals surface area contributed by atoms with Crippen LogP contribution in [0.4, 0.5) is 5.69 Å². The number of hydrogen-bond acceptors (Lipinski definition) is 7. The predicted molar refractivity (Wildman–Crippen MR) is 113 cm³/mol. The lowest BCUT2D eigenvalue weighted by atomic mass is 10.2. The molecule has 0 spiro atoms. The normalized spacial score (nSPS) is 11.1. The molecule has 0 radical (unpaired) electrons. The van der Waals surface area contributed by atoms with Crippen LogP contribution in [0.3, 0.4) is 0 Å². The molecule has 0 saturated carbocycles. The van der Waals surface area contributed by atoms with Crippen molar-refractivity contribution in [2.75, 3.05) is 12.4 Å². The summed E-state index contributed by atoms with van der Waals surface area (Å²) in [5.74, 6) is -0.846. The molecule has 0 saturated heterocycles. The second kappa shape index (κ2) is 7.38. The third-order valence-corrected chi connectivity index (χ3v) is 6.08. The van der Waals surface area contributed by atoms with Crippen LogP contribution in [0.2, 0.25) is 0 Å². The third-order valence-electron chi connectivity index (χ3n) is 4.95. The summed E-state index contributed by atoms with van der Waals surface area (Å²) in [7, 11) is 3.20. The maximum atomic E-state index is 13.0. The van der Waals surface area contributed by atoms with Crippen molar-refractivity contribution in [2.24, 2.45) is 7.05 Å². The van der Waals surface area contributed by atoms with E-state index in [9.17, 15) is 9.59 Å². The van der Waals surface area contributed by atoms with Gasteiger partial charge in [-0.1, -0.05) is 0 Å². The molecule has 0 aromatic carbocycles. The molecule has 4 aromatic rings. The standard InChI is InChI=1S/C20H20N6O3S/c1-10-15(6-13(7-21-10)20(28)29-5)23-18(27)14-8-22-26-9-16(30-19(14)26)17-11(2)24-25(4)12(17)3/h6-9H,1-5H3,(H,23,27). The van der Waals surface area contributed by atoms with E-state index in [1.54, 1.807) is 17.5 Å². The average Bonchev–Trinajstić information content (AvgIpc) is 3.35. The second-order valence-corrected chi connectivity index (χ2v) is 7.91. The first kappa shape index (κ1) is 19.8. The zero-order chi connectivity index (χ0) is 21.6. The number of anilines is 1. The molecule has 4 aromatic heterocycles. The summed E-state index contributed by atoms with van der Waals surface area (Å²) in [4.78, 5) is 30.6. The molecule has 10 heteroatoms. The molecule has 0 bridgehead atoms. The number of carbonyl (C=O) groups excluding carboxylic acids is 2. The summed E-state index contributed by atoms with van der Waals surface area (Å²) in [6, 6.07) is 1.55. The highest BCUT2D eigenvalue weighted by atomic mass is 32.1. The highest BCUT2D eigenvalue weighted by Gasteiger charge is 2.20. The molecule has 30 heavy (non-hydrogen) atoms. The van der Waals surface area contributed by atoms with Gasteiger partial charge in [0.15, 0.2) is 0 Å². The first-order valence-corrected chi connectivity index (χ1v) is 9.95. The summed E-state index contributed by atoms with van der Waals surface area (Å²) >= 11 is 1.48. The van der Waals surface area contributed by atoms with Gasteiger partial charge in [-0.05, 0) is 26.8 Å². The van der Waals surface area contributed by atoms with Crippen LogP contribution in [0.15, 0.2) is 24.7 Å². The van der Waals surface area contributed by atoms with Crippen LogP contribution >= 0.6 is 11.3 Å². The van der Waals surface area contributed by atoms with E-state index in [1.807, 2.05) is 31.8 Å². The number of aromatic nitrogens is 5. The number of rotatable bonds is 4. The topological polar surface area (TPSA) is 103 Å². The van der Waals surface area contributed by atoms with E-state index >= 15 is 0 Å². The number of nitrogens with one attached hydrogen (secondary N) is 1. The van der Waals surface area contributed by atoms with Crippen molar-refractivity contribution in [2.45, 2.75) is 20.8 Å².